The molecule has 0 saturated heterocycles. The fourth-order valence-electron chi connectivity index (χ4n) is 4.15. The van der Waals surface area contributed by atoms with Gasteiger partial charge < -0.3 is 20.3 Å². The van der Waals surface area contributed by atoms with E-state index in [1.807, 2.05) is 53.4 Å². The van der Waals surface area contributed by atoms with Gasteiger partial charge in [-0.15, -0.1) is 0 Å². The minimum absolute atomic E-state index is 0.212. The average molecular weight is 533 g/mol. The van der Waals surface area contributed by atoms with Gasteiger partial charge in [-0.2, -0.15) is 11.8 Å². The van der Waals surface area contributed by atoms with E-state index < -0.39 is 17.9 Å². The van der Waals surface area contributed by atoms with Crippen molar-refractivity contribution in [2.45, 2.75) is 25.0 Å². The van der Waals surface area contributed by atoms with E-state index in [2.05, 4.69) is 15.6 Å². The van der Waals surface area contributed by atoms with E-state index in [1.54, 1.807) is 36.8 Å². The summed E-state index contributed by atoms with van der Waals surface area (Å²) >= 11 is 1.53. The largest absolute Gasteiger partial charge is 0.480 e. The number of carboxylic acids is 1. The van der Waals surface area contributed by atoms with Crippen molar-refractivity contribution < 1.29 is 19.1 Å². The topological polar surface area (TPSA) is 96.3 Å². The maximum Gasteiger partial charge on any atom is 0.326 e. The second-order valence-electron chi connectivity index (χ2n) is 8.78. The molecule has 4 rings (SSSR count). The van der Waals surface area contributed by atoms with Gasteiger partial charge in [0.05, 0.1) is 12.4 Å². The molecule has 1 heterocycles. The van der Waals surface area contributed by atoms with E-state index >= 15 is 0 Å². The Labute approximate surface area is 225 Å². The molecule has 0 aliphatic carbocycles. The van der Waals surface area contributed by atoms with Crippen LogP contribution in [0, 0.1) is 5.82 Å². The Morgan fingerprint density at radius 2 is 1.84 bits per heavy atom. The lowest BCUT2D eigenvalue weighted by atomic mass is 9.97. The van der Waals surface area contributed by atoms with Crippen LogP contribution in [0.4, 0.5) is 10.1 Å². The van der Waals surface area contributed by atoms with Gasteiger partial charge in [-0.05, 0) is 65.5 Å². The SMILES string of the molecule is CSCC[C@H](NC(=O)c1ccc(NC(Cn2ccnc2)c2ccc(F)cc2)cc1-c1ccccc1)C(=O)O. The van der Waals surface area contributed by atoms with Crippen LogP contribution in [0.5, 0.6) is 0 Å². The van der Waals surface area contributed by atoms with E-state index in [9.17, 15) is 19.1 Å². The van der Waals surface area contributed by atoms with Crippen LogP contribution in [0.3, 0.4) is 0 Å². The third-order valence-corrected chi connectivity index (χ3v) is 6.77. The average Bonchev–Trinajstić information content (AvgIpc) is 3.44. The number of thioether (sulfide) groups is 1. The smallest absolute Gasteiger partial charge is 0.326 e. The first-order valence-electron chi connectivity index (χ1n) is 12.1. The molecule has 1 unspecified atom stereocenters. The maximum atomic E-state index is 13.6. The fraction of sp³-hybridized carbons (Fsp3) is 0.207. The molecule has 0 fully saturated rings. The first kappa shape index (κ1) is 26.9. The number of aliphatic carboxylic acids is 1. The van der Waals surface area contributed by atoms with Crippen LogP contribution in [0.2, 0.25) is 0 Å². The molecule has 7 nitrogen and oxygen atoms in total. The van der Waals surface area contributed by atoms with Gasteiger partial charge >= 0.3 is 5.97 Å². The second kappa shape index (κ2) is 12.9. The van der Waals surface area contributed by atoms with E-state index in [-0.39, 0.29) is 11.9 Å². The van der Waals surface area contributed by atoms with Crippen LogP contribution in [0.25, 0.3) is 11.1 Å². The second-order valence-corrected chi connectivity index (χ2v) is 9.77. The molecule has 0 aliphatic rings. The Kier molecular flexibility index (Phi) is 9.16. The molecule has 196 valence electrons. The number of halogens is 1. The first-order chi connectivity index (χ1) is 18.4. The monoisotopic (exact) mass is 532 g/mol. The first-order valence-corrected chi connectivity index (χ1v) is 13.5. The highest BCUT2D eigenvalue weighted by molar-refractivity contribution is 7.98. The zero-order valence-corrected chi connectivity index (χ0v) is 21.7. The molecule has 9 heteroatoms. The van der Waals surface area contributed by atoms with E-state index in [0.717, 1.165) is 16.8 Å². The van der Waals surface area contributed by atoms with Crippen LogP contribution in [0.15, 0.2) is 91.5 Å². The van der Waals surface area contributed by atoms with E-state index in [1.165, 1.54) is 23.9 Å². The lowest BCUT2D eigenvalue weighted by Gasteiger charge is -2.22. The number of rotatable bonds is 12. The molecular weight excluding hydrogens is 503 g/mol. The molecule has 0 aliphatic heterocycles. The van der Waals surface area contributed by atoms with Crippen molar-refractivity contribution in [3.63, 3.8) is 0 Å². The van der Waals surface area contributed by atoms with Crippen molar-refractivity contribution in [3.05, 3.63) is 108 Å². The number of hydrogen-bond acceptors (Lipinski definition) is 5. The molecule has 0 saturated carbocycles. The van der Waals surface area contributed by atoms with Gasteiger partial charge in [-0.1, -0.05) is 42.5 Å². The molecule has 1 aromatic heterocycles. The number of nitrogens with zero attached hydrogens (tertiary/aromatic N) is 2. The quantitative estimate of drug-likeness (QED) is 0.224. The summed E-state index contributed by atoms with van der Waals surface area (Å²) in [5.41, 5.74) is 3.52. The standard InChI is InChI=1S/C29H29FN4O3S/c1-38-16-13-26(29(36)37)33-28(35)24-12-11-23(17-25(24)20-5-3-2-4-6-20)32-27(18-34-15-14-31-19-34)21-7-9-22(30)10-8-21/h2-12,14-15,17,19,26-27,32H,13,16,18H2,1H3,(H,33,35)(H,36,37)/t26-,27?/m0/s1. The zero-order chi connectivity index (χ0) is 26.9. The Balaban J connectivity index is 1.67. The van der Waals surface area contributed by atoms with Gasteiger partial charge in [0, 0.05) is 30.2 Å². The third kappa shape index (κ3) is 7.01. The Morgan fingerprint density at radius 1 is 1.08 bits per heavy atom. The number of amides is 1. The number of imidazole rings is 1. The number of carbonyl (C=O) groups excluding carboxylic acids is 1. The minimum atomic E-state index is -1.06. The number of carboxylic acid groups (broad SMARTS) is 1. The van der Waals surface area contributed by atoms with E-state index in [4.69, 9.17) is 0 Å². The summed E-state index contributed by atoms with van der Waals surface area (Å²) in [5, 5.41) is 15.8. The summed E-state index contributed by atoms with van der Waals surface area (Å²) in [6.07, 6.45) is 7.50. The summed E-state index contributed by atoms with van der Waals surface area (Å²) in [4.78, 5) is 29.1. The van der Waals surface area contributed by atoms with Gasteiger partial charge in [0.1, 0.15) is 11.9 Å². The van der Waals surface area contributed by atoms with Crippen LogP contribution in [-0.4, -0.2) is 44.6 Å². The van der Waals surface area contributed by atoms with Crippen LogP contribution >= 0.6 is 11.8 Å². The molecular formula is C29H29FN4O3S. The van der Waals surface area contributed by atoms with Crippen molar-refractivity contribution in [1.29, 1.82) is 0 Å². The summed E-state index contributed by atoms with van der Waals surface area (Å²) < 4.78 is 15.5. The number of carbonyl (C=O) groups is 2. The molecule has 0 radical (unpaired) electrons. The third-order valence-electron chi connectivity index (χ3n) is 6.13. The number of benzene rings is 3. The number of aromatic nitrogens is 2. The van der Waals surface area contributed by atoms with Gasteiger partial charge in [-0.25, -0.2) is 14.2 Å². The van der Waals surface area contributed by atoms with Crippen molar-refractivity contribution in [2.24, 2.45) is 0 Å². The van der Waals surface area contributed by atoms with Gasteiger partial charge in [0.2, 0.25) is 0 Å². The van der Waals surface area contributed by atoms with Crippen molar-refractivity contribution in [3.8, 4) is 11.1 Å². The van der Waals surface area contributed by atoms with Gasteiger partial charge in [0.15, 0.2) is 0 Å². The van der Waals surface area contributed by atoms with Crippen molar-refractivity contribution >= 4 is 29.3 Å². The molecule has 0 spiro atoms. The molecule has 1 amide bonds. The predicted octanol–water partition coefficient (Wildman–Crippen LogP) is 5.48. The number of nitrogens with one attached hydrogen (secondary N) is 2. The highest BCUT2D eigenvalue weighted by atomic mass is 32.2. The van der Waals surface area contributed by atoms with Crippen LogP contribution in [-0.2, 0) is 11.3 Å². The van der Waals surface area contributed by atoms with Gasteiger partial charge in [0.25, 0.3) is 5.91 Å². The van der Waals surface area contributed by atoms with Crippen LogP contribution < -0.4 is 10.6 Å². The Morgan fingerprint density at radius 3 is 2.50 bits per heavy atom. The Hall–Kier alpha value is -4.11. The minimum Gasteiger partial charge on any atom is -0.480 e. The zero-order valence-electron chi connectivity index (χ0n) is 20.9. The predicted molar refractivity (Wildman–Crippen MR) is 149 cm³/mol. The fourth-order valence-corrected chi connectivity index (χ4v) is 4.63. The normalized spacial score (nSPS) is 12.5. The summed E-state index contributed by atoms with van der Waals surface area (Å²) in [5.74, 6) is -1.20. The van der Waals surface area contributed by atoms with Gasteiger partial charge in [-0.3, -0.25) is 4.79 Å². The van der Waals surface area contributed by atoms with Crippen molar-refractivity contribution in [1.82, 2.24) is 14.9 Å². The molecule has 3 aromatic carbocycles. The summed E-state index contributed by atoms with van der Waals surface area (Å²) in [6, 6.07) is 20.0. The highest BCUT2D eigenvalue weighted by Crippen LogP contribution is 2.30. The van der Waals surface area contributed by atoms with E-state index in [0.29, 0.717) is 29.8 Å². The Bertz CT molecular complexity index is 1350. The molecule has 4 aromatic rings. The van der Waals surface area contributed by atoms with Crippen molar-refractivity contribution in [2.75, 3.05) is 17.3 Å². The summed E-state index contributed by atoms with van der Waals surface area (Å²) in [6.45, 7) is 0.546. The lowest BCUT2D eigenvalue weighted by Crippen LogP contribution is -2.41. The number of anilines is 1. The summed E-state index contributed by atoms with van der Waals surface area (Å²) in [7, 11) is 0. The number of hydrogen-bond donors (Lipinski definition) is 3. The molecule has 0 bridgehead atoms. The highest BCUT2D eigenvalue weighted by Gasteiger charge is 2.23. The maximum absolute atomic E-state index is 13.6. The lowest BCUT2D eigenvalue weighted by molar-refractivity contribution is -0.139. The molecule has 2 atom stereocenters. The van der Waals surface area contributed by atoms with Crippen LogP contribution in [0.1, 0.15) is 28.4 Å². The molecule has 3 N–H and O–H groups in total. The molecule has 38 heavy (non-hydrogen) atoms.